The Morgan fingerprint density at radius 2 is 2.17 bits per heavy atom. The van der Waals surface area contributed by atoms with Crippen LogP contribution in [0.25, 0.3) is 0 Å². The third-order valence-corrected chi connectivity index (χ3v) is 3.47. The fourth-order valence-electron chi connectivity index (χ4n) is 1.91. The van der Waals surface area contributed by atoms with Gasteiger partial charge in [0.1, 0.15) is 12.4 Å². The van der Waals surface area contributed by atoms with E-state index in [1.54, 1.807) is 13.3 Å². The number of carbonyl (C=O) groups excluding carboxylic acids is 1. The molecule has 0 aliphatic carbocycles. The number of amides is 1. The highest BCUT2D eigenvalue weighted by molar-refractivity contribution is 5.81. The minimum atomic E-state index is 0.0543. The zero-order valence-corrected chi connectivity index (χ0v) is 14.9. The van der Waals surface area contributed by atoms with Crippen molar-refractivity contribution in [2.75, 3.05) is 26.7 Å². The van der Waals surface area contributed by atoms with Gasteiger partial charge in [-0.3, -0.25) is 9.79 Å². The second-order valence-electron chi connectivity index (χ2n) is 5.54. The molecule has 0 bridgehead atoms. The minimum absolute atomic E-state index is 0.0543. The van der Waals surface area contributed by atoms with E-state index in [1.807, 2.05) is 26.0 Å². The Balaban J connectivity index is 2.03. The molecule has 0 aliphatic heterocycles. The second-order valence-corrected chi connectivity index (χ2v) is 5.54. The number of rotatable bonds is 11. The van der Waals surface area contributed by atoms with E-state index in [1.165, 1.54) is 0 Å². The molecule has 1 amide bonds. The zero-order chi connectivity index (χ0) is 17.6. The van der Waals surface area contributed by atoms with Gasteiger partial charge in [0.2, 0.25) is 5.91 Å². The van der Waals surface area contributed by atoms with Crippen LogP contribution in [0.3, 0.4) is 0 Å². The third-order valence-electron chi connectivity index (χ3n) is 3.47. The maximum atomic E-state index is 11.7. The van der Waals surface area contributed by atoms with Gasteiger partial charge in [0.25, 0.3) is 0 Å². The standard InChI is InChI=1S/C17H30N4O3/c1-4-14(2)21-16(22)8-10-20-17(18-3)19-9-6-11-23-13-15-7-5-12-24-15/h5,7,12,14H,4,6,8-11,13H2,1-3H3,(H,21,22)(H2,18,19,20). The van der Waals surface area contributed by atoms with Gasteiger partial charge in [0, 0.05) is 39.2 Å². The minimum Gasteiger partial charge on any atom is -0.467 e. The van der Waals surface area contributed by atoms with Gasteiger partial charge in [-0.15, -0.1) is 0 Å². The van der Waals surface area contributed by atoms with Crippen LogP contribution in [0.1, 0.15) is 38.9 Å². The van der Waals surface area contributed by atoms with Crippen LogP contribution >= 0.6 is 0 Å². The van der Waals surface area contributed by atoms with Crippen molar-refractivity contribution >= 4 is 11.9 Å². The van der Waals surface area contributed by atoms with Gasteiger partial charge in [-0.2, -0.15) is 0 Å². The molecule has 0 aromatic carbocycles. The number of guanidine groups is 1. The summed E-state index contributed by atoms with van der Waals surface area (Å²) in [6, 6.07) is 3.96. The number of hydrogen-bond donors (Lipinski definition) is 3. The van der Waals surface area contributed by atoms with E-state index in [4.69, 9.17) is 9.15 Å². The van der Waals surface area contributed by atoms with Crippen molar-refractivity contribution in [3.63, 3.8) is 0 Å². The Labute approximate surface area is 144 Å². The van der Waals surface area contributed by atoms with Crippen LogP contribution in [-0.2, 0) is 16.1 Å². The summed E-state index contributed by atoms with van der Waals surface area (Å²) < 4.78 is 10.7. The van der Waals surface area contributed by atoms with Gasteiger partial charge in [-0.1, -0.05) is 6.92 Å². The molecule has 7 nitrogen and oxygen atoms in total. The summed E-state index contributed by atoms with van der Waals surface area (Å²) in [4.78, 5) is 15.8. The Bertz CT molecular complexity index is 474. The molecule has 0 saturated heterocycles. The molecule has 24 heavy (non-hydrogen) atoms. The Hall–Kier alpha value is -2.02. The first-order valence-corrected chi connectivity index (χ1v) is 8.49. The SMILES string of the molecule is CCC(C)NC(=O)CCNC(=NC)NCCCOCc1ccco1. The summed E-state index contributed by atoms with van der Waals surface area (Å²) in [7, 11) is 1.71. The lowest BCUT2D eigenvalue weighted by atomic mass is 10.2. The van der Waals surface area contributed by atoms with Gasteiger partial charge in [-0.05, 0) is 31.9 Å². The van der Waals surface area contributed by atoms with Crippen molar-refractivity contribution in [3.8, 4) is 0 Å². The molecule has 1 aromatic heterocycles. The molecule has 0 fully saturated rings. The van der Waals surface area contributed by atoms with Crippen LogP contribution in [0.2, 0.25) is 0 Å². The summed E-state index contributed by atoms with van der Waals surface area (Å²) >= 11 is 0. The van der Waals surface area contributed by atoms with Crippen LogP contribution in [0.15, 0.2) is 27.8 Å². The molecule has 0 saturated carbocycles. The fourth-order valence-corrected chi connectivity index (χ4v) is 1.91. The molecular weight excluding hydrogens is 308 g/mol. The van der Waals surface area contributed by atoms with Gasteiger partial charge in [0.05, 0.1) is 6.26 Å². The first-order chi connectivity index (χ1) is 11.7. The first-order valence-electron chi connectivity index (χ1n) is 8.49. The van der Waals surface area contributed by atoms with Gasteiger partial charge < -0.3 is 25.1 Å². The first kappa shape index (κ1) is 20.0. The molecule has 136 valence electrons. The number of nitrogens with zero attached hydrogens (tertiary/aromatic N) is 1. The molecular formula is C17H30N4O3. The van der Waals surface area contributed by atoms with E-state index < -0.39 is 0 Å². The molecule has 0 spiro atoms. The maximum absolute atomic E-state index is 11.7. The highest BCUT2D eigenvalue weighted by atomic mass is 16.5. The van der Waals surface area contributed by atoms with Crippen molar-refractivity contribution in [1.29, 1.82) is 0 Å². The lowest BCUT2D eigenvalue weighted by molar-refractivity contribution is -0.121. The van der Waals surface area contributed by atoms with Crippen molar-refractivity contribution < 1.29 is 13.9 Å². The Morgan fingerprint density at radius 3 is 2.83 bits per heavy atom. The average molecular weight is 338 g/mol. The van der Waals surface area contributed by atoms with Crippen LogP contribution < -0.4 is 16.0 Å². The summed E-state index contributed by atoms with van der Waals surface area (Å²) in [5, 5.41) is 9.26. The lowest BCUT2D eigenvalue weighted by Crippen LogP contribution is -2.40. The maximum Gasteiger partial charge on any atom is 0.221 e. The van der Waals surface area contributed by atoms with Crippen molar-refractivity contribution in [1.82, 2.24) is 16.0 Å². The number of nitrogens with one attached hydrogen (secondary N) is 3. The average Bonchev–Trinajstić information content (AvgIpc) is 3.09. The van der Waals surface area contributed by atoms with E-state index in [-0.39, 0.29) is 11.9 Å². The predicted octanol–water partition coefficient (Wildman–Crippen LogP) is 1.66. The molecule has 1 atom stereocenters. The van der Waals surface area contributed by atoms with E-state index >= 15 is 0 Å². The predicted molar refractivity (Wildman–Crippen MR) is 94.9 cm³/mol. The Kier molecular flexibility index (Phi) is 10.4. The summed E-state index contributed by atoms with van der Waals surface area (Å²) in [6.45, 7) is 6.48. The molecule has 3 N–H and O–H groups in total. The quantitative estimate of drug-likeness (QED) is 0.324. The smallest absolute Gasteiger partial charge is 0.221 e. The van der Waals surface area contributed by atoms with Crippen LogP contribution in [0.4, 0.5) is 0 Å². The molecule has 1 aromatic rings. The van der Waals surface area contributed by atoms with Crippen LogP contribution in [-0.4, -0.2) is 44.7 Å². The fraction of sp³-hybridized carbons (Fsp3) is 0.647. The van der Waals surface area contributed by atoms with E-state index in [2.05, 4.69) is 20.9 Å². The number of hydrogen-bond acceptors (Lipinski definition) is 4. The molecule has 0 aliphatic rings. The number of ether oxygens (including phenoxy) is 1. The number of carbonyl (C=O) groups is 1. The van der Waals surface area contributed by atoms with E-state index in [9.17, 15) is 4.79 Å². The summed E-state index contributed by atoms with van der Waals surface area (Å²) in [6.07, 6.45) is 3.86. The molecule has 1 rings (SSSR count). The second kappa shape index (κ2) is 12.4. The topological polar surface area (TPSA) is 87.9 Å². The molecule has 0 radical (unpaired) electrons. The monoisotopic (exact) mass is 338 g/mol. The zero-order valence-electron chi connectivity index (χ0n) is 14.9. The highest BCUT2D eigenvalue weighted by Gasteiger charge is 2.05. The van der Waals surface area contributed by atoms with Crippen molar-refractivity contribution in [2.45, 2.75) is 45.8 Å². The highest BCUT2D eigenvalue weighted by Crippen LogP contribution is 2.01. The van der Waals surface area contributed by atoms with Crippen LogP contribution in [0, 0.1) is 0 Å². The van der Waals surface area contributed by atoms with Crippen molar-refractivity contribution in [2.24, 2.45) is 4.99 Å². The largest absolute Gasteiger partial charge is 0.467 e. The Morgan fingerprint density at radius 1 is 1.38 bits per heavy atom. The molecule has 1 heterocycles. The van der Waals surface area contributed by atoms with E-state index in [0.29, 0.717) is 32.1 Å². The number of aliphatic imine (C=N–C) groups is 1. The summed E-state index contributed by atoms with van der Waals surface area (Å²) in [5.41, 5.74) is 0. The van der Waals surface area contributed by atoms with E-state index in [0.717, 1.165) is 25.1 Å². The third kappa shape index (κ3) is 9.19. The molecule has 7 heteroatoms. The number of furan rings is 1. The normalized spacial score (nSPS) is 12.7. The summed E-state index contributed by atoms with van der Waals surface area (Å²) in [5.74, 6) is 1.58. The van der Waals surface area contributed by atoms with Crippen molar-refractivity contribution in [3.05, 3.63) is 24.2 Å². The van der Waals surface area contributed by atoms with Gasteiger partial charge in [-0.25, -0.2) is 0 Å². The lowest BCUT2D eigenvalue weighted by Gasteiger charge is -2.13. The van der Waals surface area contributed by atoms with Gasteiger partial charge >= 0.3 is 0 Å². The van der Waals surface area contributed by atoms with Gasteiger partial charge in [0.15, 0.2) is 5.96 Å². The molecule has 1 unspecified atom stereocenters. The van der Waals surface area contributed by atoms with Crippen LogP contribution in [0.5, 0.6) is 0 Å².